The topological polar surface area (TPSA) is 46.0 Å². The van der Waals surface area contributed by atoms with Crippen LogP contribution in [-0.2, 0) is 0 Å². The molecule has 0 amide bonds. The normalized spacial score (nSPS) is 30.1. The highest BCUT2D eigenvalue weighted by Crippen LogP contribution is 2.58. The molecule has 3 aliphatic carbocycles. The van der Waals surface area contributed by atoms with Crippen molar-refractivity contribution in [2.75, 3.05) is 0 Å². The summed E-state index contributed by atoms with van der Waals surface area (Å²) in [5.41, 5.74) is 1.79. The third-order valence-electron chi connectivity index (χ3n) is 4.38. The summed E-state index contributed by atoms with van der Waals surface area (Å²) in [5.74, 6) is 1.52. The molecule has 1 aromatic heterocycles. The van der Waals surface area contributed by atoms with E-state index >= 15 is 0 Å². The molecular weight excluding hydrogens is 232 g/mol. The number of aromatic nitrogens is 3. The van der Waals surface area contributed by atoms with Crippen LogP contribution in [0.25, 0.3) is 0 Å². The molecule has 17 heavy (non-hydrogen) atoms. The summed E-state index contributed by atoms with van der Waals surface area (Å²) in [6.07, 6.45) is 8.34. The largest absolute Gasteiger partial charge is 0.250 e. The van der Waals surface area contributed by atoms with Gasteiger partial charge in [0.1, 0.15) is 6.33 Å². The number of nitrogens with zero attached hydrogens (tertiary/aromatic N) is 3. The van der Waals surface area contributed by atoms with Gasteiger partial charge in [0.15, 0.2) is 0 Å². The first-order valence-corrected chi connectivity index (χ1v) is 6.36. The number of rotatable bonds is 2. The summed E-state index contributed by atoms with van der Waals surface area (Å²) >= 11 is 5.05. The van der Waals surface area contributed by atoms with Gasteiger partial charge in [-0.15, -0.1) is 0 Å². The summed E-state index contributed by atoms with van der Waals surface area (Å²) in [4.78, 5) is 0. The zero-order valence-electron chi connectivity index (χ0n) is 10.1. The molecule has 5 heteroatoms. The van der Waals surface area contributed by atoms with E-state index in [2.05, 4.69) is 35.2 Å². The Kier molecular flexibility index (Phi) is 2.33. The Labute approximate surface area is 105 Å². The van der Waals surface area contributed by atoms with Crippen LogP contribution in [-0.4, -0.2) is 21.1 Å². The number of hydrogen-bond acceptors (Lipinski definition) is 3. The van der Waals surface area contributed by atoms with Crippen molar-refractivity contribution < 1.29 is 0 Å². The molecule has 4 nitrogen and oxygen atoms in total. The molecule has 2 atom stereocenters. The van der Waals surface area contributed by atoms with E-state index in [1.807, 2.05) is 6.21 Å². The van der Waals surface area contributed by atoms with E-state index in [1.165, 1.54) is 18.4 Å². The van der Waals surface area contributed by atoms with Crippen molar-refractivity contribution in [2.24, 2.45) is 22.4 Å². The zero-order valence-corrected chi connectivity index (χ0v) is 10.9. The quantitative estimate of drug-likeness (QED) is 0.646. The second-order valence-electron chi connectivity index (χ2n) is 5.50. The van der Waals surface area contributed by atoms with Crippen molar-refractivity contribution in [1.82, 2.24) is 14.9 Å². The SMILES string of the molecule is CC1(C)[C@@H]2CC=C(/C=N\n3cn[nH]c3=S)[C@@H]1C2. The zero-order chi connectivity index (χ0) is 12.0. The maximum absolute atomic E-state index is 5.05. The van der Waals surface area contributed by atoms with Crippen LogP contribution in [0.5, 0.6) is 0 Å². The number of nitrogens with one attached hydrogen (secondary N) is 1. The Morgan fingerprint density at radius 3 is 3.06 bits per heavy atom. The van der Waals surface area contributed by atoms with Gasteiger partial charge in [-0.3, -0.25) is 5.10 Å². The van der Waals surface area contributed by atoms with Gasteiger partial charge in [-0.1, -0.05) is 19.9 Å². The van der Waals surface area contributed by atoms with Crippen molar-refractivity contribution in [3.8, 4) is 0 Å². The van der Waals surface area contributed by atoms with E-state index in [1.54, 1.807) is 11.0 Å². The van der Waals surface area contributed by atoms with E-state index < -0.39 is 0 Å². The van der Waals surface area contributed by atoms with Crippen LogP contribution in [0.1, 0.15) is 26.7 Å². The van der Waals surface area contributed by atoms with Gasteiger partial charge in [0.25, 0.3) is 0 Å². The second kappa shape index (κ2) is 3.63. The summed E-state index contributed by atoms with van der Waals surface area (Å²) in [6.45, 7) is 4.71. The molecule has 0 unspecified atom stereocenters. The highest BCUT2D eigenvalue weighted by atomic mass is 32.1. The lowest BCUT2D eigenvalue weighted by atomic mass is 9.49. The average Bonchev–Trinajstić information content (AvgIpc) is 2.72. The van der Waals surface area contributed by atoms with E-state index in [0.29, 0.717) is 16.1 Å². The molecule has 1 fully saturated rings. The molecule has 3 aliphatic rings. The highest BCUT2D eigenvalue weighted by Gasteiger charge is 2.50. The molecule has 0 aromatic carbocycles. The minimum absolute atomic E-state index is 0.438. The Morgan fingerprint density at radius 2 is 2.47 bits per heavy atom. The van der Waals surface area contributed by atoms with E-state index in [4.69, 9.17) is 12.2 Å². The van der Waals surface area contributed by atoms with Crippen molar-refractivity contribution >= 4 is 18.4 Å². The highest BCUT2D eigenvalue weighted by molar-refractivity contribution is 7.71. The molecule has 2 bridgehead atoms. The number of H-pyrrole nitrogens is 1. The van der Waals surface area contributed by atoms with E-state index in [9.17, 15) is 0 Å². The Balaban J connectivity index is 1.83. The third kappa shape index (κ3) is 1.60. The van der Waals surface area contributed by atoms with Crippen molar-refractivity contribution in [1.29, 1.82) is 0 Å². The van der Waals surface area contributed by atoms with Crippen molar-refractivity contribution in [3.63, 3.8) is 0 Å². The fourth-order valence-electron chi connectivity index (χ4n) is 3.00. The summed E-state index contributed by atoms with van der Waals surface area (Å²) in [6, 6.07) is 0. The van der Waals surface area contributed by atoms with Gasteiger partial charge in [0, 0.05) is 0 Å². The number of hydrogen-bond donors (Lipinski definition) is 1. The smallest absolute Gasteiger partial charge is 0.216 e. The minimum Gasteiger partial charge on any atom is -0.250 e. The summed E-state index contributed by atoms with van der Waals surface area (Å²) in [7, 11) is 0. The predicted octanol–water partition coefficient (Wildman–Crippen LogP) is 2.77. The van der Waals surface area contributed by atoms with E-state index in [-0.39, 0.29) is 0 Å². The van der Waals surface area contributed by atoms with E-state index in [0.717, 1.165) is 5.92 Å². The monoisotopic (exact) mass is 248 g/mol. The lowest BCUT2D eigenvalue weighted by Crippen LogP contribution is -2.48. The van der Waals surface area contributed by atoms with Crippen LogP contribution in [0.2, 0.25) is 0 Å². The Hall–Kier alpha value is -1.23. The second-order valence-corrected chi connectivity index (χ2v) is 5.88. The first kappa shape index (κ1) is 10.9. The molecule has 1 heterocycles. The first-order chi connectivity index (χ1) is 8.09. The Morgan fingerprint density at radius 1 is 1.65 bits per heavy atom. The molecule has 0 radical (unpaired) electrons. The summed E-state index contributed by atoms with van der Waals surface area (Å²) in [5, 5.41) is 10.9. The lowest BCUT2D eigenvalue weighted by molar-refractivity contribution is -0.00126. The van der Waals surface area contributed by atoms with Crippen LogP contribution in [0.3, 0.4) is 0 Å². The molecule has 1 aromatic rings. The van der Waals surface area contributed by atoms with Crippen LogP contribution in [0.4, 0.5) is 0 Å². The van der Waals surface area contributed by atoms with Gasteiger partial charge in [-0.25, -0.2) is 0 Å². The van der Waals surface area contributed by atoms with Gasteiger partial charge < -0.3 is 0 Å². The molecule has 0 saturated heterocycles. The lowest BCUT2D eigenvalue weighted by Gasteiger charge is -2.55. The van der Waals surface area contributed by atoms with Gasteiger partial charge in [0.05, 0.1) is 6.21 Å². The fourth-order valence-corrected chi connectivity index (χ4v) is 3.15. The van der Waals surface area contributed by atoms with Gasteiger partial charge >= 0.3 is 0 Å². The first-order valence-electron chi connectivity index (χ1n) is 5.95. The molecule has 0 spiro atoms. The molecule has 0 aliphatic heterocycles. The van der Waals surface area contributed by atoms with Crippen molar-refractivity contribution in [2.45, 2.75) is 26.7 Å². The molecular formula is C12H16N4S. The minimum atomic E-state index is 0.438. The maximum atomic E-state index is 5.05. The number of fused-ring (bicyclic) bond motifs is 1. The van der Waals surface area contributed by atoms with Gasteiger partial charge in [0.2, 0.25) is 4.77 Å². The average molecular weight is 248 g/mol. The molecule has 90 valence electrons. The van der Waals surface area contributed by atoms with Crippen LogP contribution in [0, 0.1) is 22.0 Å². The third-order valence-corrected chi connectivity index (χ3v) is 4.66. The van der Waals surface area contributed by atoms with Crippen LogP contribution >= 0.6 is 12.2 Å². The molecule has 1 N–H and O–H groups in total. The van der Waals surface area contributed by atoms with Gasteiger partial charge in [-0.2, -0.15) is 14.9 Å². The summed E-state index contributed by atoms with van der Waals surface area (Å²) < 4.78 is 2.12. The number of aromatic amines is 1. The fraction of sp³-hybridized carbons (Fsp3) is 0.583. The Bertz CT molecular complexity index is 549. The number of allylic oxidation sites excluding steroid dienone is 2. The standard InChI is InChI=1S/C12H16N4S/c1-12(2)9-4-3-8(10(12)5-9)6-14-16-7-13-15-11(16)17/h3,6-7,9-10H,4-5H2,1-2H3,(H,15,17)/b14-6-/t9-,10+/m1/s1. The molecule has 1 saturated carbocycles. The van der Waals surface area contributed by atoms with Gasteiger partial charge in [-0.05, 0) is 47.9 Å². The van der Waals surface area contributed by atoms with Crippen molar-refractivity contribution in [3.05, 3.63) is 22.7 Å². The van der Waals surface area contributed by atoms with Crippen LogP contribution in [0.15, 0.2) is 23.1 Å². The predicted molar refractivity (Wildman–Crippen MR) is 69.4 cm³/mol. The van der Waals surface area contributed by atoms with Crippen LogP contribution < -0.4 is 0 Å². The maximum Gasteiger partial charge on any atom is 0.216 e. The molecule has 4 rings (SSSR count).